The van der Waals surface area contributed by atoms with Crippen molar-refractivity contribution >= 4 is 17.2 Å². The van der Waals surface area contributed by atoms with E-state index in [4.69, 9.17) is 4.74 Å². The van der Waals surface area contributed by atoms with E-state index in [1.54, 1.807) is 31.5 Å². The zero-order valence-electron chi connectivity index (χ0n) is 23.7. The van der Waals surface area contributed by atoms with Crippen LogP contribution in [0.25, 0.3) is 16.8 Å². The Hall–Kier alpha value is -5.31. The van der Waals surface area contributed by atoms with Crippen LogP contribution in [-0.2, 0) is 6.54 Å². The van der Waals surface area contributed by atoms with Crippen molar-refractivity contribution in [3.63, 3.8) is 0 Å². The lowest BCUT2D eigenvalue weighted by Crippen LogP contribution is -2.13. The smallest absolute Gasteiger partial charge is 0.227 e. The summed E-state index contributed by atoms with van der Waals surface area (Å²) in [6, 6.07) is 19.4. The maximum atomic E-state index is 13.3. The quantitative estimate of drug-likeness (QED) is 0.179. The van der Waals surface area contributed by atoms with Crippen molar-refractivity contribution in [2.45, 2.75) is 20.4 Å². The zero-order chi connectivity index (χ0) is 29.9. The number of nitrogens with one attached hydrogen (secondary N) is 2. The third kappa shape index (κ3) is 7.45. The van der Waals surface area contributed by atoms with Crippen molar-refractivity contribution in [3.05, 3.63) is 139 Å². The summed E-state index contributed by atoms with van der Waals surface area (Å²) in [4.78, 5) is 8.98. The molecule has 0 saturated carbocycles. The number of pyridine rings is 1. The van der Waals surface area contributed by atoms with Crippen molar-refractivity contribution in [2.75, 3.05) is 12.4 Å². The second-order valence-corrected chi connectivity index (χ2v) is 9.01. The molecule has 2 N–H and O–H groups in total. The molecule has 9 heteroatoms. The molecular weight excluding hydrogens is 534 g/mol. The number of nitrogens with zero attached hydrogens (tertiary/aromatic N) is 4. The summed E-state index contributed by atoms with van der Waals surface area (Å²) >= 11 is 0. The van der Waals surface area contributed by atoms with Crippen molar-refractivity contribution in [3.8, 4) is 17.0 Å². The Bertz CT molecular complexity index is 1710. The number of anilines is 2. The second kappa shape index (κ2) is 14.4. The predicted octanol–water partition coefficient (Wildman–Crippen LogP) is 7.55. The first-order valence-electron chi connectivity index (χ1n) is 13.2. The molecule has 3 aromatic heterocycles. The van der Waals surface area contributed by atoms with Gasteiger partial charge in [0.2, 0.25) is 5.95 Å². The van der Waals surface area contributed by atoms with Crippen LogP contribution in [0.1, 0.15) is 18.2 Å². The number of methoxy groups -OCH3 is 1. The number of aryl methyl sites for hydroxylation is 1. The van der Waals surface area contributed by atoms with E-state index in [-0.39, 0.29) is 12.1 Å². The summed E-state index contributed by atoms with van der Waals surface area (Å²) in [7, 11) is 1.64. The molecule has 5 rings (SSSR count). The van der Waals surface area contributed by atoms with Gasteiger partial charge in [0.25, 0.3) is 0 Å². The minimum absolute atomic E-state index is 0.0406. The van der Waals surface area contributed by atoms with Gasteiger partial charge in [0.15, 0.2) is 0 Å². The Balaban J connectivity index is 0.000000209. The molecule has 214 valence electrons. The molecule has 2 aromatic carbocycles. The van der Waals surface area contributed by atoms with Crippen LogP contribution < -0.4 is 15.4 Å². The molecule has 0 unspecified atom stereocenters. The van der Waals surface area contributed by atoms with E-state index < -0.39 is 11.6 Å². The average molecular weight is 567 g/mol. The van der Waals surface area contributed by atoms with E-state index in [2.05, 4.69) is 32.3 Å². The number of rotatable bonds is 9. The lowest BCUT2D eigenvalue weighted by atomic mass is 10.1. The highest BCUT2D eigenvalue weighted by molar-refractivity contribution is 5.80. The monoisotopic (exact) mass is 566 g/mol. The Morgan fingerprint density at radius 1 is 1.05 bits per heavy atom. The van der Waals surface area contributed by atoms with E-state index in [9.17, 15) is 8.78 Å². The van der Waals surface area contributed by atoms with Crippen LogP contribution in [0.2, 0.25) is 0 Å². The van der Waals surface area contributed by atoms with Crippen LogP contribution in [0.15, 0.2) is 116 Å². The molecule has 0 aliphatic carbocycles. The number of halogens is 2. The van der Waals surface area contributed by atoms with Crippen molar-refractivity contribution in [1.82, 2.24) is 24.9 Å². The molecule has 0 amide bonds. The maximum absolute atomic E-state index is 13.3. The Morgan fingerprint density at radius 2 is 1.83 bits per heavy atom. The SMILES string of the molecule is C=C/C=C\C(=C/C)NCc1c(F)cccc1F.COc1cccc(Nc2nccc(-c3c(C)nn4ccccc34)n2)c1. The third-order valence-corrected chi connectivity index (χ3v) is 6.21. The van der Waals surface area contributed by atoms with Crippen molar-refractivity contribution in [2.24, 2.45) is 0 Å². The van der Waals surface area contributed by atoms with E-state index in [1.807, 2.05) is 79.2 Å². The number of aromatic nitrogens is 4. The first-order valence-corrected chi connectivity index (χ1v) is 13.2. The molecule has 0 bridgehead atoms. The van der Waals surface area contributed by atoms with Gasteiger partial charge in [-0.25, -0.2) is 23.3 Å². The van der Waals surface area contributed by atoms with Gasteiger partial charge < -0.3 is 15.4 Å². The van der Waals surface area contributed by atoms with Gasteiger partial charge in [-0.2, -0.15) is 5.10 Å². The molecule has 3 heterocycles. The van der Waals surface area contributed by atoms with Crippen LogP contribution in [0.3, 0.4) is 0 Å². The topological polar surface area (TPSA) is 76.4 Å². The summed E-state index contributed by atoms with van der Waals surface area (Å²) in [5, 5.41) is 10.7. The van der Waals surface area contributed by atoms with Gasteiger partial charge in [-0.05, 0) is 62.4 Å². The highest BCUT2D eigenvalue weighted by Gasteiger charge is 2.13. The predicted molar refractivity (Wildman–Crippen MR) is 164 cm³/mol. The first-order chi connectivity index (χ1) is 20.4. The maximum Gasteiger partial charge on any atom is 0.227 e. The zero-order valence-corrected chi connectivity index (χ0v) is 23.7. The van der Waals surface area contributed by atoms with E-state index >= 15 is 0 Å². The second-order valence-electron chi connectivity index (χ2n) is 9.01. The van der Waals surface area contributed by atoms with Gasteiger partial charge in [0, 0.05) is 47.5 Å². The number of allylic oxidation sites excluding steroid dienone is 4. The summed E-state index contributed by atoms with van der Waals surface area (Å²) in [6.07, 6.45) is 10.7. The van der Waals surface area contributed by atoms with Crippen LogP contribution in [0, 0.1) is 18.6 Å². The summed E-state index contributed by atoms with van der Waals surface area (Å²) in [5.41, 5.74) is 5.48. The van der Waals surface area contributed by atoms with Gasteiger partial charge in [-0.15, -0.1) is 0 Å². The number of hydrogen-bond acceptors (Lipinski definition) is 6. The van der Waals surface area contributed by atoms with Crippen LogP contribution in [0.4, 0.5) is 20.4 Å². The molecule has 0 spiro atoms. The van der Waals surface area contributed by atoms with Crippen molar-refractivity contribution < 1.29 is 13.5 Å². The Labute approximate surface area is 243 Å². The number of ether oxygens (including phenoxy) is 1. The van der Waals surface area contributed by atoms with Gasteiger partial charge >= 0.3 is 0 Å². The van der Waals surface area contributed by atoms with Gasteiger partial charge in [-0.1, -0.05) is 43.0 Å². The molecule has 0 aliphatic heterocycles. The summed E-state index contributed by atoms with van der Waals surface area (Å²) in [5.74, 6) is 0.223. The molecule has 42 heavy (non-hydrogen) atoms. The molecule has 0 saturated heterocycles. The number of benzene rings is 2. The fraction of sp³-hybridized carbons (Fsp3) is 0.121. The number of hydrogen-bond donors (Lipinski definition) is 2. The average Bonchev–Trinajstić information content (AvgIpc) is 3.34. The summed E-state index contributed by atoms with van der Waals surface area (Å²) in [6.45, 7) is 7.49. The Morgan fingerprint density at radius 3 is 2.57 bits per heavy atom. The Kier molecular flexibility index (Phi) is 10.1. The molecular formula is C33H32F2N6O. The van der Waals surface area contributed by atoms with E-state index in [1.165, 1.54) is 18.2 Å². The van der Waals surface area contributed by atoms with Crippen LogP contribution in [-0.4, -0.2) is 26.7 Å². The largest absolute Gasteiger partial charge is 0.497 e. The van der Waals surface area contributed by atoms with Crippen LogP contribution in [0.5, 0.6) is 5.75 Å². The molecule has 7 nitrogen and oxygen atoms in total. The highest BCUT2D eigenvalue weighted by atomic mass is 19.1. The molecule has 0 fully saturated rings. The van der Waals surface area contributed by atoms with Crippen molar-refractivity contribution in [1.29, 1.82) is 0 Å². The minimum Gasteiger partial charge on any atom is -0.497 e. The highest BCUT2D eigenvalue weighted by Crippen LogP contribution is 2.27. The van der Waals surface area contributed by atoms with Gasteiger partial charge in [0.1, 0.15) is 17.4 Å². The molecule has 0 radical (unpaired) electrons. The standard InChI is InChI=1S/C19H17N5O.C14H15F2N/c1-13-18(17-8-3-4-11-24(17)23-13)16-9-10-20-19(22-16)21-14-6-5-7-15(12-14)25-2;1-3-5-7-11(4-2)17-10-12-13(15)8-6-9-14(12)16/h3-12H,1-2H3,(H,20,21,22);3-9,17H,1,10H2,2H3/b;7-5-,11-4+. The lowest BCUT2D eigenvalue weighted by molar-refractivity contribution is 0.415. The lowest BCUT2D eigenvalue weighted by Gasteiger charge is -2.08. The number of fused-ring (bicyclic) bond motifs is 1. The third-order valence-electron chi connectivity index (χ3n) is 6.21. The summed E-state index contributed by atoms with van der Waals surface area (Å²) < 4.78 is 33.8. The van der Waals surface area contributed by atoms with Gasteiger partial charge in [-0.3, -0.25) is 0 Å². The molecule has 0 aliphatic rings. The van der Waals surface area contributed by atoms with E-state index in [0.29, 0.717) is 5.95 Å². The first kappa shape index (κ1) is 29.7. The van der Waals surface area contributed by atoms with Gasteiger partial charge in [0.05, 0.1) is 24.0 Å². The minimum atomic E-state index is -0.541. The fourth-order valence-electron chi connectivity index (χ4n) is 4.14. The molecule has 0 atom stereocenters. The normalized spacial score (nSPS) is 11.2. The van der Waals surface area contributed by atoms with E-state index in [0.717, 1.165) is 39.6 Å². The fourth-order valence-corrected chi connectivity index (χ4v) is 4.14. The van der Waals surface area contributed by atoms with Crippen LogP contribution >= 0.6 is 0 Å². The molecule has 5 aromatic rings.